The summed E-state index contributed by atoms with van der Waals surface area (Å²) in [5.41, 5.74) is 4.66. The van der Waals surface area contributed by atoms with Gasteiger partial charge in [0.15, 0.2) is 0 Å². The van der Waals surface area contributed by atoms with Gasteiger partial charge in [-0.25, -0.2) is 0 Å². The zero-order valence-corrected chi connectivity index (χ0v) is 21.7. The number of rotatable bonds is 7. The predicted molar refractivity (Wildman–Crippen MR) is 145 cm³/mol. The van der Waals surface area contributed by atoms with Crippen LogP contribution in [-0.2, 0) is 4.74 Å². The monoisotopic (exact) mass is 501 g/mol. The molecule has 1 saturated heterocycles. The topological polar surface area (TPSA) is 71.4 Å². The van der Waals surface area contributed by atoms with Crippen molar-refractivity contribution in [1.29, 1.82) is 0 Å². The van der Waals surface area contributed by atoms with Crippen molar-refractivity contribution in [3.8, 4) is 23.0 Å². The van der Waals surface area contributed by atoms with Gasteiger partial charge in [-0.3, -0.25) is 4.90 Å². The van der Waals surface area contributed by atoms with Crippen molar-refractivity contribution >= 4 is 11.1 Å². The first-order valence-electron chi connectivity index (χ1n) is 12.9. The van der Waals surface area contributed by atoms with Gasteiger partial charge in [0.1, 0.15) is 35.7 Å². The predicted octanol–water partition coefficient (Wildman–Crippen LogP) is 6.04. The Balaban J connectivity index is 1.36. The number of nitrogens with zero attached hydrogens (tertiary/aromatic N) is 1. The highest BCUT2D eigenvalue weighted by Crippen LogP contribution is 2.47. The fraction of sp³-hybridized carbons (Fsp3) is 0.355. The van der Waals surface area contributed by atoms with E-state index in [1.54, 1.807) is 30.3 Å². The second-order valence-corrected chi connectivity index (χ2v) is 10.0. The molecule has 5 rings (SSSR count). The summed E-state index contributed by atoms with van der Waals surface area (Å²) in [4.78, 5) is 2.40. The van der Waals surface area contributed by atoms with E-state index in [-0.39, 0.29) is 17.6 Å². The van der Waals surface area contributed by atoms with Gasteiger partial charge in [-0.1, -0.05) is 24.3 Å². The van der Waals surface area contributed by atoms with E-state index >= 15 is 0 Å². The third kappa shape index (κ3) is 5.45. The van der Waals surface area contributed by atoms with E-state index in [9.17, 15) is 10.2 Å². The maximum Gasteiger partial charge on any atom is 0.150 e. The molecule has 2 aliphatic rings. The molecule has 0 saturated carbocycles. The zero-order valence-electron chi connectivity index (χ0n) is 21.7. The normalized spacial score (nSPS) is 18.9. The van der Waals surface area contributed by atoms with Crippen LogP contribution in [-0.4, -0.2) is 54.1 Å². The summed E-state index contributed by atoms with van der Waals surface area (Å²) in [7, 11) is 2.17. The molecule has 37 heavy (non-hydrogen) atoms. The van der Waals surface area contributed by atoms with Crippen LogP contribution < -0.4 is 9.47 Å². The van der Waals surface area contributed by atoms with Crippen LogP contribution in [0.4, 0.5) is 0 Å². The highest BCUT2D eigenvalue weighted by atomic mass is 16.5. The minimum atomic E-state index is -0.369. The van der Waals surface area contributed by atoms with Crippen LogP contribution in [0.3, 0.4) is 0 Å². The quantitative estimate of drug-likeness (QED) is 0.411. The lowest BCUT2D eigenvalue weighted by molar-refractivity contribution is 0.0233. The molecule has 2 N–H and O–H groups in total. The zero-order chi connectivity index (χ0) is 25.9. The number of ether oxygens (including phenoxy) is 3. The summed E-state index contributed by atoms with van der Waals surface area (Å²) in [6.45, 7) is 6.50. The van der Waals surface area contributed by atoms with E-state index in [2.05, 4.69) is 18.9 Å². The summed E-state index contributed by atoms with van der Waals surface area (Å²) in [6.07, 6.45) is 1.76. The van der Waals surface area contributed by atoms with Crippen molar-refractivity contribution in [2.75, 3.05) is 26.9 Å². The molecule has 0 aliphatic carbocycles. The molecule has 0 amide bonds. The van der Waals surface area contributed by atoms with Crippen molar-refractivity contribution in [3.05, 3.63) is 83.4 Å². The summed E-state index contributed by atoms with van der Waals surface area (Å²) in [6, 6.07) is 21.2. The van der Waals surface area contributed by atoms with Gasteiger partial charge >= 0.3 is 0 Å². The van der Waals surface area contributed by atoms with Gasteiger partial charge in [0, 0.05) is 36.4 Å². The third-order valence-electron chi connectivity index (χ3n) is 7.57. The summed E-state index contributed by atoms with van der Waals surface area (Å²) < 4.78 is 18.1. The Morgan fingerprint density at radius 3 is 2.43 bits per heavy atom. The molecule has 194 valence electrons. The van der Waals surface area contributed by atoms with Gasteiger partial charge < -0.3 is 24.4 Å². The Hall–Kier alpha value is -3.48. The number of benzene rings is 3. The Kier molecular flexibility index (Phi) is 7.40. The number of aromatic hydroxyl groups is 2. The molecule has 1 fully saturated rings. The number of allylic oxidation sites excluding steroid dienone is 1. The molecule has 3 aromatic carbocycles. The van der Waals surface area contributed by atoms with E-state index in [1.165, 1.54) is 0 Å². The van der Waals surface area contributed by atoms with Crippen molar-refractivity contribution < 1.29 is 24.4 Å². The second kappa shape index (κ2) is 10.9. The fourth-order valence-corrected chi connectivity index (χ4v) is 5.24. The van der Waals surface area contributed by atoms with E-state index in [1.807, 2.05) is 43.3 Å². The molecule has 0 aromatic heterocycles. The Morgan fingerprint density at radius 1 is 0.973 bits per heavy atom. The molecule has 1 unspecified atom stereocenters. The Labute approximate surface area is 218 Å². The smallest absolute Gasteiger partial charge is 0.150 e. The van der Waals surface area contributed by atoms with Crippen LogP contribution in [0.25, 0.3) is 11.1 Å². The average molecular weight is 502 g/mol. The largest absolute Gasteiger partial charge is 0.508 e. The standard InChI is InChI=1S/C31H35NO5/c1-20(32(3)24-13-15-35-16-14-24)19-36-27-10-7-22(8-11-27)31-30(23-5-4-6-25(33)17-23)21(2)28-18-26(34)9-12-29(28)37-31/h4-12,17-18,20,24,31,33-34H,13-16,19H2,1-3H3/t20-,31?/m0/s1. The lowest BCUT2D eigenvalue weighted by Crippen LogP contribution is -2.44. The SMILES string of the molecule is CC1=C(c2cccc(O)c2)C(c2ccc(OC[C@H](C)N(C)C3CCOCC3)cc2)Oc2ccc(O)cc21. The molecule has 0 bridgehead atoms. The van der Waals surface area contributed by atoms with Gasteiger partial charge in [-0.05, 0) is 92.9 Å². The van der Waals surface area contributed by atoms with Crippen molar-refractivity contribution in [2.45, 2.75) is 44.9 Å². The van der Waals surface area contributed by atoms with Crippen LogP contribution in [0.5, 0.6) is 23.0 Å². The molecule has 2 heterocycles. The maximum atomic E-state index is 10.2. The van der Waals surface area contributed by atoms with Gasteiger partial charge in [-0.15, -0.1) is 0 Å². The fourth-order valence-electron chi connectivity index (χ4n) is 5.24. The summed E-state index contributed by atoms with van der Waals surface area (Å²) >= 11 is 0. The van der Waals surface area contributed by atoms with Gasteiger partial charge in [0.25, 0.3) is 0 Å². The van der Waals surface area contributed by atoms with Crippen molar-refractivity contribution in [2.24, 2.45) is 0 Å². The highest BCUT2D eigenvalue weighted by molar-refractivity contribution is 5.95. The molecular formula is C31H35NO5. The molecule has 6 nitrogen and oxygen atoms in total. The van der Waals surface area contributed by atoms with Crippen LogP contribution in [0.2, 0.25) is 0 Å². The highest BCUT2D eigenvalue weighted by Gasteiger charge is 2.30. The first-order valence-corrected chi connectivity index (χ1v) is 12.9. The van der Waals surface area contributed by atoms with Gasteiger partial charge in [0.2, 0.25) is 0 Å². The van der Waals surface area contributed by atoms with E-state index in [4.69, 9.17) is 14.2 Å². The molecule has 0 spiro atoms. The number of hydrogen-bond acceptors (Lipinski definition) is 6. The Morgan fingerprint density at radius 2 is 1.70 bits per heavy atom. The van der Waals surface area contributed by atoms with Crippen molar-refractivity contribution in [1.82, 2.24) is 4.90 Å². The first kappa shape index (κ1) is 25.2. The molecule has 2 aliphatic heterocycles. The van der Waals surface area contributed by atoms with Gasteiger partial charge in [-0.2, -0.15) is 0 Å². The second-order valence-electron chi connectivity index (χ2n) is 10.0. The minimum absolute atomic E-state index is 0.189. The lowest BCUT2D eigenvalue weighted by atomic mass is 9.86. The first-order chi connectivity index (χ1) is 17.9. The number of hydrogen-bond donors (Lipinski definition) is 2. The van der Waals surface area contributed by atoms with Crippen molar-refractivity contribution in [3.63, 3.8) is 0 Å². The maximum absolute atomic E-state index is 10.2. The van der Waals surface area contributed by atoms with Crippen LogP contribution in [0.1, 0.15) is 49.5 Å². The van der Waals surface area contributed by atoms with E-state index in [0.29, 0.717) is 18.7 Å². The molecule has 6 heteroatoms. The average Bonchev–Trinajstić information content (AvgIpc) is 2.92. The number of fused-ring (bicyclic) bond motifs is 1. The molecule has 0 radical (unpaired) electrons. The minimum Gasteiger partial charge on any atom is -0.508 e. The van der Waals surface area contributed by atoms with Crippen LogP contribution in [0.15, 0.2) is 66.7 Å². The number of likely N-dealkylation sites (N-methyl/N-ethyl adjacent to an activating group) is 1. The molecule has 2 atom stereocenters. The van der Waals surface area contributed by atoms with E-state index in [0.717, 1.165) is 65.4 Å². The van der Waals surface area contributed by atoms with E-state index < -0.39 is 0 Å². The van der Waals surface area contributed by atoms with Crippen LogP contribution >= 0.6 is 0 Å². The van der Waals surface area contributed by atoms with Gasteiger partial charge in [0.05, 0.1) is 0 Å². The summed E-state index contributed by atoms with van der Waals surface area (Å²) in [5, 5.41) is 20.2. The lowest BCUT2D eigenvalue weighted by Gasteiger charge is -2.35. The summed E-state index contributed by atoms with van der Waals surface area (Å²) in [5.74, 6) is 1.92. The van der Waals surface area contributed by atoms with Crippen LogP contribution in [0, 0.1) is 0 Å². The molecule has 3 aromatic rings. The number of phenols is 2. The third-order valence-corrected chi connectivity index (χ3v) is 7.57. The Bertz CT molecular complexity index is 1260. The molecular weight excluding hydrogens is 466 g/mol. The number of phenolic OH excluding ortho intramolecular Hbond substituents is 2.